The highest BCUT2D eigenvalue weighted by Gasteiger charge is 2.39. The second kappa shape index (κ2) is 7.85. The molecule has 0 atom stereocenters. The number of aromatic nitrogens is 5. The Bertz CT molecular complexity index is 803. The normalized spacial score (nSPS) is 16.6. The van der Waals surface area contributed by atoms with Crippen molar-refractivity contribution in [2.75, 3.05) is 14.1 Å². The fourth-order valence-electron chi connectivity index (χ4n) is 3.27. The molecule has 3 rings (SSSR count). The molecule has 2 heterocycles. The Morgan fingerprint density at radius 3 is 2.56 bits per heavy atom. The molecule has 0 bridgehead atoms. The number of likely N-dealkylation sites (N-methyl/N-ethyl adjacent to an activating group) is 1. The number of carbonyl (C=O) groups is 2. The van der Waals surface area contributed by atoms with Gasteiger partial charge in [-0.25, -0.2) is 4.68 Å². The maximum atomic E-state index is 12.8. The summed E-state index contributed by atoms with van der Waals surface area (Å²) in [6, 6.07) is 0. The van der Waals surface area contributed by atoms with Crippen molar-refractivity contribution in [3.8, 4) is 0 Å². The van der Waals surface area contributed by atoms with Gasteiger partial charge in [-0.3, -0.25) is 9.59 Å². The van der Waals surface area contributed by atoms with Gasteiger partial charge >= 0.3 is 0 Å². The minimum absolute atomic E-state index is 0.0302. The number of hydrogen-bond acceptors (Lipinski definition) is 7. The van der Waals surface area contributed by atoms with Gasteiger partial charge in [-0.2, -0.15) is 4.98 Å². The van der Waals surface area contributed by atoms with E-state index in [0.29, 0.717) is 11.7 Å². The molecule has 0 unspecified atom stereocenters. The van der Waals surface area contributed by atoms with Gasteiger partial charge in [0.05, 0.1) is 6.20 Å². The smallest absolute Gasteiger partial charge is 0.274 e. The monoisotopic (exact) mass is 375 g/mol. The average Bonchev–Trinajstić information content (AvgIpc) is 3.20. The van der Waals surface area contributed by atoms with E-state index in [1.54, 1.807) is 21.0 Å². The molecular weight excluding hydrogens is 350 g/mol. The third-order valence-electron chi connectivity index (χ3n) is 4.83. The van der Waals surface area contributed by atoms with Crippen LogP contribution in [0.25, 0.3) is 0 Å². The minimum Gasteiger partial charge on any atom is -0.347 e. The van der Waals surface area contributed by atoms with Gasteiger partial charge in [0.2, 0.25) is 11.8 Å². The first-order valence-electron chi connectivity index (χ1n) is 9.13. The summed E-state index contributed by atoms with van der Waals surface area (Å²) in [4.78, 5) is 30.5. The Hall–Kier alpha value is -2.78. The lowest BCUT2D eigenvalue weighted by molar-refractivity contribution is -0.129. The second-order valence-corrected chi connectivity index (χ2v) is 7.18. The Kier molecular flexibility index (Phi) is 5.52. The lowest BCUT2D eigenvalue weighted by Crippen LogP contribution is -2.46. The number of amides is 2. The summed E-state index contributed by atoms with van der Waals surface area (Å²) in [6.07, 6.45) is 7.11. The zero-order chi connectivity index (χ0) is 19.4. The molecule has 27 heavy (non-hydrogen) atoms. The van der Waals surface area contributed by atoms with Crippen LogP contribution in [0.2, 0.25) is 0 Å². The van der Waals surface area contributed by atoms with Gasteiger partial charge in [0.1, 0.15) is 12.1 Å². The van der Waals surface area contributed by atoms with Crippen LogP contribution < -0.4 is 5.32 Å². The fraction of sp³-hybridized carbons (Fsp3) is 0.647. The fourth-order valence-corrected chi connectivity index (χ4v) is 3.27. The third-order valence-corrected chi connectivity index (χ3v) is 4.83. The van der Waals surface area contributed by atoms with Gasteiger partial charge in [-0.05, 0) is 12.8 Å². The maximum Gasteiger partial charge on any atom is 0.274 e. The van der Waals surface area contributed by atoms with E-state index in [-0.39, 0.29) is 24.1 Å². The largest absolute Gasteiger partial charge is 0.347 e. The first kappa shape index (κ1) is 19.0. The van der Waals surface area contributed by atoms with Crippen molar-refractivity contribution in [3.05, 3.63) is 23.6 Å². The molecule has 0 radical (unpaired) electrons. The minimum atomic E-state index is -0.672. The van der Waals surface area contributed by atoms with Gasteiger partial charge in [-0.1, -0.05) is 36.1 Å². The summed E-state index contributed by atoms with van der Waals surface area (Å²) in [7, 11) is 3.32. The lowest BCUT2D eigenvalue weighted by Gasteiger charge is -2.30. The van der Waals surface area contributed by atoms with E-state index in [2.05, 4.69) is 25.8 Å². The summed E-state index contributed by atoms with van der Waals surface area (Å²) >= 11 is 0. The van der Waals surface area contributed by atoms with E-state index in [1.807, 2.05) is 0 Å². The molecule has 0 saturated heterocycles. The molecule has 146 valence electrons. The molecule has 1 N–H and O–H groups in total. The van der Waals surface area contributed by atoms with E-state index in [0.717, 1.165) is 38.5 Å². The summed E-state index contributed by atoms with van der Waals surface area (Å²) in [5, 5.41) is 14.9. The van der Waals surface area contributed by atoms with Crippen LogP contribution in [0.1, 0.15) is 60.7 Å². The van der Waals surface area contributed by atoms with Gasteiger partial charge < -0.3 is 14.7 Å². The quantitative estimate of drug-likeness (QED) is 0.775. The second-order valence-electron chi connectivity index (χ2n) is 7.18. The molecule has 2 amide bonds. The van der Waals surface area contributed by atoms with Gasteiger partial charge in [0.25, 0.3) is 5.91 Å². The first-order chi connectivity index (χ1) is 12.9. The number of nitrogens with zero attached hydrogens (tertiary/aromatic N) is 6. The molecule has 2 aromatic heterocycles. The van der Waals surface area contributed by atoms with Crippen molar-refractivity contribution in [3.63, 3.8) is 0 Å². The van der Waals surface area contributed by atoms with Crippen LogP contribution in [-0.4, -0.2) is 55.9 Å². The van der Waals surface area contributed by atoms with E-state index >= 15 is 0 Å². The number of rotatable bonds is 5. The Balaban J connectivity index is 1.79. The molecule has 10 nitrogen and oxygen atoms in total. The highest BCUT2D eigenvalue weighted by Crippen LogP contribution is 2.34. The van der Waals surface area contributed by atoms with Crippen LogP contribution in [0.15, 0.2) is 10.7 Å². The zero-order valence-corrected chi connectivity index (χ0v) is 15.9. The van der Waals surface area contributed by atoms with Gasteiger partial charge in [0.15, 0.2) is 11.5 Å². The Morgan fingerprint density at radius 1 is 1.26 bits per heavy atom. The number of nitrogens with one attached hydrogen (secondary N) is 1. The predicted molar refractivity (Wildman–Crippen MR) is 94.6 cm³/mol. The van der Waals surface area contributed by atoms with Crippen LogP contribution in [0.5, 0.6) is 0 Å². The van der Waals surface area contributed by atoms with E-state index in [1.165, 1.54) is 15.8 Å². The maximum absolute atomic E-state index is 12.8. The summed E-state index contributed by atoms with van der Waals surface area (Å²) in [5.74, 6) is 0.485. The molecule has 1 aliphatic carbocycles. The zero-order valence-electron chi connectivity index (χ0n) is 15.9. The number of hydrogen-bond donors (Lipinski definition) is 1. The van der Waals surface area contributed by atoms with Crippen LogP contribution in [0.3, 0.4) is 0 Å². The van der Waals surface area contributed by atoms with Crippen LogP contribution in [0, 0.1) is 6.92 Å². The third kappa shape index (κ3) is 4.32. The number of aryl methyl sites for hydroxylation is 1. The predicted octanol–water partition coefficient (Wildman–Crippen LogP) is 1.04. The van der Waals surface area contributed by atoms with Crippen molar-refractivity contribution in [1.82, 2.24) is 35.4 Å². The van der Waals surface area contributed by atoms with Crippen LogP contribution >= 0.6 is 0 Å². The molecule has 1 fully saturated rings. The average molecular weight is 375 g/mol. The van der Waals surface area contributed by atoms with E-state index in [9.17, 15) is 9.59 Å². The molecule has 1 saturated carbocycles. The molecular formula is C17H25N7O3. The van der Waals surface area contributed by atoms with Crippen LogP contribution in [-0.2, 0) is 16.9 Å². The van der Waals surface area contributed by atoms with Crippen molar-refractivity contribution in [2.45, 2.75) is 57.5 Å². The highest BCUT2D eigenvalue weighted by atomic mass is 16.5. The van der Waals surface area contributed by atoms with Crippen molar-refractivity contribution < 1.29 is 14.1 Å². The van der Waals surface area contributed by atoms with Crippen molar-refractivity contribution in [2.24, 2.45) is 0 Å². The molecule has 0 aliphatic heterocycles. The Labute approximate surface area is 157 Å². The van der Waals surface area contributed by atoms with Crippen molar-refractivity contribution >= 4 is 11.8 Å². The SMILES string of the molecule is Cc1nc(C2(NC(=O)c3cn(CC(=O)N(C)C)nn3)CCCCCC2)no1. The Morgan fingerprint density at radius 2 is 1.96 bits per heavy atom. The lowest BCUT2D eigenvalue weighted by atomic mass is 9.89. The number of carbonyl (C=O) groups excluding carboxylic acids is 2. The molecule has 0 aromatic carbocycles. The molecule has 1 aliphatic rings. The van der Waals surface area contributed by atoms with Gasteiger partial charge in [-0.15, -0.1) is 5.10 Å². The van der Waals surface area contributed by atoms with E-state index in [4.69, 9.17) is 4.52 Å². The summed E-state index contributed by atoms with van der Waals surface area (Å²) < 4.78 is 6.51. The summed E-state index contributed by atoms with van der Waals surface area (Å²) in [6.45, 7) is 1.76. The standard InChI is InChI=1S/C17H25N7O3/c1-12-18-16(21-27-12)17(8-6-4-5-7-9-17)19-15(26)13-10-24(22-20-13)11-14(25)23(2)3/h10H,4-9,11H2,1-3H3,(H,19,26). The first-order valence-corrected chi connectivity index (χ1v) is 9.13. The van der Waals surface area contributed by atoms with Crippen molar-refractivity contribution in [1.29, 1.82) is 0 Å². The topological polar surface area (TPSA) is 119 Å². The molecule has 0 spiro atoms. The summed E-state index contributed by atoms with van der Waals surface area (Å²) in [5.41, 5.74) is -0.514. The van der Waals surface area contributed by atoms with E-state index < -0.39 is 5.54 Å². The molecule has 2 aromatic rings. The highest BCUT2D eigenvalue weighted by molar-refractivity contribution is 5.92. The van der Waals surface area contributed by atoms with Crippen LogP contribution in [0.4, 0.5) is 0 Å². The molecule has 10 heteroatoms. The van der Waals surface area contributed by atoms with Gasteiger partial charge in [0, 0.05) is 21.0 Å².